The Morgan fingerprint density at radius 1 is 1.03 bits per heavy atom. The first-order valence-electron chi connectivity index (χ1n) is 11.8. The van der Waals surface area contributed by atoms with Crippen molar-refractivity contribution in [3.05, 3.63) is 11.4 Å². The molecule has 4 rings (SSSR count). The lowest BCUT2D eigenvalue weighted by Crippen LogP contribution is -2.55. The van der Waals surface area contributed by atoms with Crippen molar-refractivity contribution in [2.75, 3.05) is 13.2 Å². The predicted molar refractivity (Wildman–Crippen MR) is 116 cm³/mol. The van der Waals surface area contributed by atoms with Gasteiger partial charge in [0.25, 0.3) is 0 Å². The van der Waals surface area contributed by atoms with E-state index >= 15 is 0 Å². The van der Waals surface area contributed by atoms with Crippen LogP contribution in [0.2, 0.25) is 0 Å². The molecule has 0 aromatic rings. The average Bonchev–Trinajstić information content (AvgIpc) is 3.03. The molecule has 0 aromatic carbocycles. The number of rotatable bonds is 5. The maximum Gasteiger partial charge on any atom is 0.357 e. The van der Waals surface area contributed by atoms with E-state index in [-0.39, 0.29) is 16.7 Å². The van der Waals surface area contributed by atoms with E-state index in [9.17, 15) is 9.36 Å². The molecular formula is C24H39O4P. The number of allylic oxidation sites excluding steroid dienone is 2. The van der Waals surface area contributed by atoms with E-state index < -0.39 is 7.60 Å². The van der Waals surface area contributed by atoms with E-state index in [2.05, 4.69) is 26.8 Å². The predicted octanol–water partition coefficient (Wildman–Crippen LogP) is 6.60. The number of Topliss-reactive ketones (excluding diaryl/α,β-unsaturated/α-hetero) is 1. The minimum atomic E-state index is -3.22. The van der Waals surface area contributed by atoms with E-state index in [0.29, 0.717) is 42.7 Å². The second kappa shape index (κ2) is 7.61. The molecule has 3 saturated carbocycles. The first-order chi connectivity index (χ1) is 13.7. The second-order valence-electron chi connectivity index (χ2n) is 10.4. The molecule has 0 aromatic heterocycles. The van der Waals surface area contributed by atoms with Crippen LogP contribution < -0.4 is 0 Å². The molecule has 4 nitrogen and oxygen atoms in total. The van der Waals surface area contributed by atoms with Crippen LogP contribution in [-0.4, -0.2) is 19.0 Å². The highest BCUT2D eigenvalue weighted by Gasteiger charge is 2.61. The zero-order valence-electron chi connectivity index (χ0n) is 18.9. The van der Waals surface area contributed by atoms with Gasteiger partial charge < -0.3 is 9.05 Å². The van der Waals surface area contributed by atoms with Gasteiger partial charge in [-0.1, -0.05) is 26.8 Å². The average molecular weight is 423 g/mol. The largest absolute Gasteiger partial charge is 0.357 e. The monoisotopic (exact) mass is 422 g/mol. The van der Waals surface area contributed by atoms with Crippen molar-refractivity contribution in [2.45, 2.75) is 79.6 Å². The Balaban J connectivity index is 1.62. The summed E-state index contributed by atoms with van der Waals surface area (Å²) in [4.78, 5) is 12.4. The third kappa shape index (κ3) is 3.15. The van der Waals surface area contributed by atoms with Crippen molar-refractivity contribution >= 4 is 13.4 Å². The summed E-state index contributed by atoms with van der Waals surface area (Å²) < 4.78 is 25.2. The Kier molecular flexibility index (Phi) is 5.71. The van der Waals surface area contributed by atoms with E-state index in [1.165, 1.54) is 19.3 Å². The highest BCUT2D eigenvalue weighted by Crippen LogP contribution is 2.73. The summed E-state index contributed by atoms with van der Waals surface area (Å²) in [6.45, 7) is 11.6. The minimum Gasteiger partial charge on any atom is -0.306 e. The standard InChI is InChI=1S/C24H39O4P/c1-6-27-29(26,28-7-2)22-11-10-19-17-8-9-18-16(3)21(25)13-15-23(18,4)20(17)12-14-24(19,22)5/h11,16-20H,6-10,12-15H2,1-5H3/t16?,17-,18?,19-,20-,23-,24-/m0/s1. The van der Waals surface area contributed by atoms with E-state index in [1.807, 2.05) is 13.8 Å². The molecule has 164 valence electrons. The summed E-state index contributed by atoms with van der Waals surface area (Å²) in [5.41, 5.74) is 0.199. The van der Waals surface area contributed by atoms with E-state index in [1.54, 1.807) is 0 Å². The van der Waals surface area contributed by atoms with Crippen LogP contribution in [0.1, 0.15) is 79.6 Å². The maximum absolute atomic E-state index is 13.7. The van der Waals surface area contributed by atoms with Crippen molar-refractivity contribution in [3.63, 3.8) is 0 Å². The first kappa shape index (κ1) is 21.8. The van der Waals surface area contributed by atoms with Crippen molar-refractivity contribution in [3.8, 4) is 0 Å². The van der Waals surface area contributed by atoms with Gasteiger partial charge in [-0.15, -0.1) is 0 Å². The molecule has 0 aliphatic heterocycles. The van der Waals surface area contributed by atoms with Gasteiger partial charge in [0.05, 0.1) is 13.2 Å². The number of ketones is 1. The molecule has 4 aliphatic rings. The molecule has 0 spiro atoms. The lowest BCUT2D eigenvalue weighted by atomic mass is 9.44. The normalized spacial score (nSPS) is 44.7. The number of fused-ring (bicyclic) bond motifs is 5. The molecule has 0 saturated heterocycles. The Bertz CT molecular complexity index is 735. The molecule has 0 N–H and O–H groups in total. The van der Waals surface area contributed by atoms with Gasteiger partial charge in [-0.05, 0) is 81.5 Å². The van der Waals surface area contributed by atoms with Gasteiger partial charge in [-0.25, -0.2) is 0 Å². The van der Waals surface area contributed by atoms with Crippen LogP contribution >= 0.6 is 7.60 Å². The minimum absolute atomic E-state index is 0.0830. The molecule has 0 bridgehead atoms. The van der Waals surface area contributed by atoms with Gasteiger partial charge in [0.2, 0.25) is 0 Å². The fraction of sp³-hybridized carbons (Fsp3) is 0.875. The third-order valence-corrected chi connectivity index (χ3v) is 11.9. The summed E-state index contributed by atoms with van der Waals surface area (Å²) in [6.07, 6.45) is 9.61. The summed E-state index contributed by atoms with van der Waals surface area (Å²) in [5, 5.41) is 0.955. The Hall–Kier alpha value is -0.440. The van der Waals surface area contributed by atoms with Crippen molar-refractivity contribution in [1.29, 1.82) is 0 Å². The van der Waals surface area contributed by atoms with Gasteiger partial charge in [0.1, 0.15) is 5.78 Å². The topological polar surface area (TPSA) is 52.6 Å². The first-order valence-corrected chi connectivity index (χ1v) is 13.4. The molecular weight excluding hydrogens is 383 g/mol. The summed E-state index contributed by atoms with van der Waals surface area (Å²) >= 11 is 0. The van der Waals surface area contributed by atoms with Crippen LogP contribution in [0, 0.1) is 40.4 Å². The van der Waals surface area contributed by atoms with Crippen molar-refractivity contribution in [1.82, 2.24) is 0 Å². The molecule has 4 aliphatic carbocycles. The highest BCUT2D eigenvalue weighted by atomic mass is 31.2. The second-order valence-corrected chi connectivity index (χ2v) is 12.4. The van der Waals surface area contributed by atoms with Crippen LogP contribution in [0.3, 0.4) is 0 Å². The fourth-order valence-electron chi connectivity index (χ4n) is 8.01. The maximum atomic E-state index is 13.7. The SMILES string of the molecule is CCOP(=O)(OCC)C1=CC[C@H]2[C@@H]3CCC4C(C)C(=O)CC[C@]4(C)[C@H]3CC[C@]12C. The number of carbonyl (C=O) groups excluding carboxylic acids is 1. The third-order valence-electron chi connectivity index (χ3n) is 9.40. The highest BCUT2D eigenvalue weighted by molar-refractivity contribution is 7.58. The molecule has 3 fully saturated rings. The smallest absolute Gasteiger partial charge is 0.306 e. The number of hydrogen-bond acceptors (Lipinski definition) is 4. The van der Waals surface area contributed by atoms with E-state index in [0.717, 1.165) is 31.0 Å². The molecule has 5 heteroatoms. The number of carbonyl (C=O) groups is 1. The van der Waals surface area contributed by atoms with Crippen molar-refractivity contribution in [2.24, 2.45) is 40.4 Å². The Morgan fingerprint density at radius 3 is 2.38 bits per heavy atom. The van der Waals surface area contributed by atoms with Crippen LogP contribution in [0.5, 0.6) is 0 Å². The summed E-state index contributed by atoms with van der Waals surface area (Å²) in [5.74, 6) is 3.10. The Morgan fingerprint density at radius 2 is 1.72 bits per heavy atom. The molecule has 7 atom stereocenters. The number of hydrogen-bond donors (Lipinski definition) is 0. The van der Waals surface area contributed by atoms with Gasteiger partial charge in [-0.3, -0.25) is 9.36 Å². The van der Waals surface area contributed by atoms with Crippen LogP contribution in [0.25, 0.3) is 0 Å². The fourth-order valence-corrected chi connectivity index (χ4v) is 10.3. The van der Waals surface area contributed by atoms with Gasteiger partial charge in [0, 0.05) is 23.1 Å². The summed E-state index contributed by atoms with van der Waals surface area (Å²) in [7, 11) is -3.22. The Labute approximate surface area is 176 Å². The lowest BCUT2D eigenvalue weighted by Gasteiger charge is -2.61. The summed E-state index contributed by atoms with van der Waals surface area (Å²) in [6, 6.07) is 0. The molecule has 29 heavy (non-hydrogen) atoms. The van der Waals surface area contributed by atoms with Gasteiger partial charge >= 0.3 is 7.60 Å². The van der Waals surface area contributed by atoms with Crippen LogP contribution in [0.4, 0.5) is 0 Å². The molecule has 0 heterocycles. The van der Waals surface area contributed by atoms with E-state index in [4.69, 9.17) is 9.05 Å². The molecule has 0 amide bonds. The molecule has 0 radical (unpaired) electrons. The van der Waals surface area contributed by atoms with Gasteiger partial charge in [0.15, 0.2) is 0 Å². The quantitative estimate of drug-likeness (QED) is 0.468. The van der Waals surface area contributed by atoms with Crippen LogP contribution in [0.15, 0.2) is 11.4 Å². The lowest BCUT2D eigenvalue weighted by molar-refractivity contribution is -0.147. The zero-order valence-corrected chi connectivity index (χ0v) is 19.8. The molecule has 2 unspecified atom stereocenters. The van der Waals surface area contributed by atoms with Crippen molar-refractivity contribution < 1.29 is 18.4 Å². The van der Waals surface area contributed by atoms with Gasteiger partial charge in [-0.2, -0.15) is 0 Å². The van der Waals surface area contributed by atoms with Crippen LogP contribution in [-0.2, 0) is 18.4 Å². The zero-order chi connectivity index (χ0) is 21.0.